The molecule has 0 N–H and O–H groups in total. The summed E-state index contributed by atoms with van der Waals surface area (Å²) in [5.41, 5.74) is 2.16. The normalized spacial score (nSPS) is 11.0. The minimum atomic E-state index is -4.36. The van der Waals surface area contributed by atoms with Crippen molar-refractivity contribution < 1.29 is 17.9 Å². The standard InChI is InChI=1S/C22H15F3N2O.C2H6/c1-2-15-14-27(21-13-26-12-11-20(15)21)17-5-9-19(10-6-17)28-18-7-3-16(4-8-18)22(23,24)25;1-2/h2-14H,1H2;1-2H3. The van der Waals surface area contributed by atoms with Gasteiger partial charge < -0.3 is 9.30 Å². The van der Waals surface area contributed by atoms with E-state index in [4.69, 9.17) is 4.74 Å². The van der Waals surface area contributed by atoms with Gasteiger partial charge in [0.05, 0.1) is 17.3 Å². The summed E-state index contributed by atoms with van der Waals surface area (Å²) in [4.78, 5) is 4.18. The highest BCUT2D eigenvalue weighted by Gasteiger charge is 2.30. The molecule has 2 aromatic heterocycles. The predicted octanol–water partition coefficient (Wildman–Crippen LogP) is 7.51. The van der Waals surface area contributed by atoms with Gasteiger partial charge in [-0.3, -0.25) is 4.98 Å². The van der Waals surface area contributed by atoms with Crippen LogP contribution in [0.2, 0.25) is 0 Å². The van der Waals surface area contributed by atoms with Crippen LogP contribution in [0.25, 0.3) is 22.7 Å². The molecule has 3 nitrogen and oxygen atoms in total. The van der Waals surface area contributed by atoms with Crippen molar-refractivity contribution in [2.75, 3.05) is 0 Å². The summed E-state index contributed by atoms with van der Waals surface area (Å²) in [5, 5.41) is 1.05. The molecule has 0 radical (unpaired) electrons. The fourth-order valence-electron chi connectivity index (χ4n) is 3.00. The maximum atomic E-state index is 12.6. The highest BCUT2D eigenvalue weighted by Crippen LogP contribution is 2.32. The van der Waals surface area contributed by atoms with E-state index in [1.807, 2.05) is 42.8 Å². The van der Waals surface area contributed by atoms with Crippen molar-refractivity contribution >= 4 is 17.0 Å². The third-order valence-corrected chi connectivity index (χ3v) is 4.39. The molecule has 0 fully saturated rings. The molecule has 154 valence electrons. The summed E-state index contributed by atoms with van der Waals surface area (Å²) in [5.74, 6) is 0.868. The molecule has 4 rings (SSSR count). The molecule has 6 heteroatoms. The molecule has 0 saturated heterocycles. The van der Waals surface area contributed by atoms with E-state index in [-0.39, 0.29) is 0 Å². The molecule has 2 aromatic carbocycles. The van der Waals surface area contributed by atoms with Gasteiger partial charge >= 0.3 is 6.18 Å². The largest absolute Gasteiger partial charge is 0.457 e. The summed E-state index contributed by atoms with van der Waals surface area (Å²) >= 11 is 0. The van der Waals surface area contributed by atoms with Crippen LogP contribution < -0.4 is 4.74 Å². The van der Waals surface area contributed by atoms with Crippen LogP contribution in [0.15, 0.2) is 79.8 Å². The molecule has 0 atom stereocenters. The number of nitrogens with zero attached hydrogens (tertiary/aromatic N) is 2. The quantitative estimate of drug-likeness (QED) is 0.348. The summed E-state index contributed by atoms with van der Waals surface area (Å²) in [6.45, 7) is 7.85. The Kier molecular flexibility index (Phi) is 6.26. The van der Waals surface area contributed by atoms with Crippen molar-refractivity contribution in [3.8, 4) is 17.2 Å². The van der Waals surface area contributed by atoms with Gasteiger partial charge in [0.1, 0.15) is 11.5 Å². The number of ether oxygens (including phenoxy) is 1. The zero-order valence-electron chi connectivity index (χ0n) is 16.6. The molecular weight excluding hydrogens is 389 g/mol. The number of hydrogen-bond acceptors (Lipinski definition) is 2. The lowest BCUT2D eigenvalue weighted by atomic mass is 10.2. The number of aromatic nitrogens is 2. The lowest BCUT2D eigenvalue weighted by Crippen LogP contribution is -2.03. The third kappa shape index (κ3) is 4.38. The van der Waals surface area contributed by atoms with Crippen LogP contribution in [-0.4, -0.2) is 9.55 Å². The molecule has 0 spiro atoms. The summed E-state index contributed by atoms with van der Waals surface area (Å²) in [6, 6.07) is 13.8. The van der Waals surface area contributed by atoms with Crippen LogP contribution in [-0.2, 0) is 6.18 Å². The third-order valence-electron chi connectivity index (χ3n) is 4.39. The van der Waals surface area contributed by atoms with Crippen molar-refractivity contribution in [1.82, 2.24) is 9.55 Å². The number of benzene rings is 2. The zero-order valence-corrected chi connectivity index (χ0v) is 16.6. The van der Waals surface area contributed by atoms with Gasteiger partial charge in [-0.25, -0.2) is 0 Å². The number of fused-ring (bicyclic) bond motifs is 1. The Labute approximate surface area is 173 Å². The molecule has 0 aliphatic heterocycles. The lowest BCUT2D eigenvalue weighted by Gasteiger charge is -2.10. The Balaban J connectivity index is 0.00000124. The SMILES string of the molecule is C=Cc1cn(-c2ccc(Oc3ccc(C(F)(F)F)cc3)cc2)c2cnccc12.CC. The second-order valence-electron chi connectivity index (χ2n) is 6.17. The maximum absolute atomic E-state index is 12.6. The van der Waals surface area contributed by atoms with Crippen molar-refractivity contribution in [2.24, 2.45) is 0 Å². The Bertz CT molecular complexity index is 1130. The summed E-state index contributed by atoms with van der Waals surface area (Å²) < 4.78 is 45.6. The minimum absolute atomic E-state index is 0.338. The summed E-state index contributed by atoms with van der Waals surface area (Å²) in [7, 11) is 0. The van der Waals surface area contributed by atoms with E-state index in [0.29, 0.717) is 11.5 Å². The fraction of sp³-hybridized carbons (Fsp3) is 0.125. The van der Waals surface area contributed by atoms with Crippen LogP contribution >= 0.6 is 0 Å². The highest BCUT2D eigenvalue weighted by atomic mass is 19.4. The molecular formula is C24H21F3N2O. The van der Waals surface area contributed by atoms with Crippen LogP contribution in [0.4, 0.5) is 13.2 Å². The first kappa shape index (κ1) is 21.2. The second kappa shape index (κ2) is 8.86. The van der Waals surface area contributed by atoms with Crippen molar-refractivity contribution in [3.05, 3.63) is 90.9 Å². The van der Waals surface area contributed by atoms with E-state index in [2.05, 4.69) is 11.6 Å². The first-order valence-electron chi connectivity index (χ1n) is 9.49. The van der Waals surface area contributed by atoms with Crippen molar-refractivity contribution in [2.45, 2.75) is 20.0 Å². The van der Waals surface area contributed by atoms with E-state index < -0.39 is 11.7 Å². The monoisotopic (exact) mass is 410 g/mol. The van der Waals surface area contributed by atoms with Crippen LogP contribution in [0.3, 0.4) is 0 Å². The Morgan fingerprint density at radius 3 is 2.10 bits per heavy atom. The number of hydrogen-bond donors (Lipinski definition) is 0. The number of halogens is 3. The molecule has 0 bridgehead atoms. The molecule has 4 aromatic rings. The minimum Gasteiger partial charge on any atom is -0.457 e. The molecule has 0 saturated carbocycles. The highest BCUT2D eigenvalue weighted by molar-refractivity contribution is 5.89. The molecule has 30 heavy (non-hydrogen) atoms. The van der Waals surface area contributed by atoms with Gasteiger partial charge in [-0.1, -0.05) is 26.5 Å². The van der Waals surface area contributed by atoms with Gasteiger partial charge in [-0.2, -0.15) is 13.2 Å². The topological polar surface area (TPSA) is 27.1 Å². The van der Waals surface area contributed by atoms with E-state index in [0.717, 1.165) is 34.3 Å². The van der Waals surface area contributed by atoms with E-state index in [9.17, 15) is 13.2 Å². The van der Waals surface area contributed by atoms with Crippen molar-refractivity contribution in [1.29, 1.82) is 0 Å². The van der Waals surface area contributed by atoms with Crippen LogP contribution in [0, 0.1) is 0 Å². The van der Waals surface area contributed by atoms with Gasteiger partial charge in [-0.15, -0.1) is 0 Å². The van der Waals surface area contributed by atoms with E-state index >= 15 is 0 Å². The van der Waals surface area contributed by atoms with Gasteiger partial charge in [0, 0.05) is 23.5 Å². The van der Waals surface area contributed by atoms with E-state index in [1.165, 1.54) is 12.1 Å². The van der Waals surface area contributed by atoms with Gasteiger partial charge in [0.25, 0.3) is 0 Å². The van der Waals surface area contributed by atoms with Gasteiger partial charge in [0.2, 0.25) is 0 Å². The average Bonchev–Trinajstić information content (AvgIpc) is 3.14. The smallest absolute Gasteiger partial charge is 0.416 e. The van der Waals surface area contributed by atoms with Gasteiger partial charge in [-0.05, 0) is 60.2 Å². The number of pyridine rings is 1. The Morgan fingerprint density at radius 2 is 1.53 bits per heavy atom. The van der Waals surface area contributed by atoms with Crippen molar-refractivity contribution in [3.63, 3.8) is 0 Å². The first-order chi connectivity index (χ1) is 14.5. The molecule has 0 amide bonds. The Morgan fingerprint density at radius 1 is 0.933 bits per heavy atom. The zero-order chi connectivity index (χ0) is 21.7. The lowest BCUT2D eigenvalue weighted by molar-refractivity contribution is -0.137. The Hall–Kier alpha value is -3.54. The first-order valence-corrected chi connectivity index (χ1v) is 9.49. The average molecular weight is 410 g/mol. The fourth-order valence-corrected chi connectivity index (χ4v) is 3.00. The number of alkyl halides is 3. The molecule has 0 aliphatic carbocycles. The molecule has 2 heterocycles. The maximum Gasteiger partial charge on any atom is 0.416 e. The summed E-state index contributed by atoms with van der Waals surface area (Å²) in [6.07, 6.45) is 2.93. The molecule has 0 unspecified atom stereocenters. The van der Waals surface area contributed by atoms with Crippen LogP contribution in [0.1, 0.15) is 25.0 Å². The van der Waals surface area contributed by atoms with Crippen LogP contribution in [0.5, 0.6) is 11.5 Å². The van der Waals surface area contributed by atoms with Gasteiger partial charge in [0.15, 0.2) is 0 Å². The molecule has 0 aliphatic rings. The second-order valence-corrected chi connectivity index (χ2v) is 6.17. The van der Waals surface area contributed by atoms with E-state index in [1.54, 1.807) is 30.6 Å². The predicted molar refractivity (Wildman–Crippen MR) is 114 cm³/mol. The number of rotatable bonds is 4.